The summed E-state index contributed by atoms with van der Waals surface area (Å²) in [7, 11) is 0. The number of fused-ring (bicyclic) bond motifs is 3. The van der Waals surface area contributed by atoms with Gasteiger partial charge in [0.05, 0.1) is 11.3 Å². The van der Waals surface area contributed by atoms with E-state index in [9.17, 15) is 34.8 Å². The van der Waals surface area contributed by atoms with Crippen molar-refractivity contribution in [2.75, 3.05) is 0 Å². The van der Waals surface area contributed by atoms with Crippen LogP contribution in [0, 0.1) is 11.8 Å². The number of Topliss-reactive ketones (excluding diaryl/α,β-unsaturated/α-hetero) is 2. The Morgan fingerprint density at radius 1 is 1.17 bits per heavy atom. The second-order valence-corrected chi connectivity index (χ2v) is 10.3. The number of amides is 1. The molecule has 0 bridgehead atoms. The maximum atomic E-state index is 13.5. The number of ketones is 2. The van der Waals surface area contributed by atoms with Crippen molar-refractivity contribution in [2.45, 2.75) is 58.2 Å². The Labute approximate surface area is 201 Å². The first kappa shape index (κ1) is 24.5. The van der Waals surface area contributed by atoms with Crippen LogP contribution in [0.3, 0.4) is 0 Å². The Morgan fingerprint density at radius 2 is 1.83 bits per heavy atom. The van der Waals surface area contributed by atoms with Gasteiger partial charge in [-0.05, 0) is 64.2 Å². The lowest BCUT2D eigenvalue weighted by Gasteiger charge is -2.46. The quantitative estimate of drug-likeness (QED) is 0.245. The number of nitrogens with two attached hydrogens (primary N) is 1. The van der Waals surface area contributed by atoms with Gasteiger partial charge in [-0.3, -0.25) is 14.4 Å². The lowest BCUT2D eigenvalue weighted by Crippen LogP contribution is -2.58. The van der Waals surface area contributed by atoms with Crippen LogP contribution in [0.2, 0.25) is 0 Å². The van der Waals surface area contributed by atoms with E-state index in [4.69, 9.17) is 10.6 Å². The van der Waals surface area contributed by atoms with E-state index in [1.165, 1.54) is 6.07 Å². The van der Waals surface area contributed by atoms with E-state index in [2.05, 4.69) is 5.16 Å². The molecule has 1 aromatic rings. The summed E-state index contributed by atoms with van der Waals surface area (Å²) in [6.07, 6.45) is -0.109. The smallest absolute Gasteiger partial charge is 0.255 e. The summed E-state index contributed by atoms with van der Waals surface area (Å²) in [5.41, 5.74) is 2.71. The molecule has 0 spiro atoms. The molecule has 0 aromatic heterocycles. The lowest BCUT2D eigenvalue weighted by molar-refractivity contribution is -0.147. The van der Waals surface area contributed by atoms with Gasteiger partial charge in [0.2, 0.25) is 5.78 Å². The number of primary amides is 1. The van der Waals surface area contributed by atoms with Crippen LogP contribution in [0.15, 0.2) is 34.2 Å². The van der Waals surface area contributed by atoms with Gasteiger partial charge in [0.25, 0.3) is 5.91 Å². The van der Waals surface area contributed by atoms with Crippen molar-refractivity contribution in [1.82, 2.24) is 0 Å². The molecule has 186 valence electrons. The molecule has 3 atom stereocenters. The van der Waals surface area contributed by atoms with Crippen molar-refractivity contribution in [3.63, 3.8) is 0 Å². The van der Waals surface area contributed by atoms with Gasteiger partial charge in [-0.25, -0.2) is 0 Å². The largest absolute Gasteiger partial charge is 0.508 e. The fraction of sp³-hybridized carbons (Fsp3) is 0.440. The lowest BCUT2D eigenvalue weighted by atomic mass is 9.59. The third kappa shape index (κ3) is 3.68. The zero-order chi connectivity index (χ0) is 26.0. The third-order valence-corrected chi connectivity index (χ3v) is 6.79. The first-order valence-electron chi connectivity index (χ1n) is 11.2. The normalized spacial score (nSPS) is 26.8. The molecule has 0 saturated heterocycles. The summed E-state index contributed by atoms with van der Waals surface area (Å²) in [5, 5.41) is 47.8. The van der Waals surface area contributed by atoms with Gasteiger partial charge >= 0.3 is 0 Å². The number of nitrogens with zero attached hydrogens (tertiary/aromatic N) is 1. The van der Waals surface area contributed by atoms with Gasteiger partial charge in [0.1, 0.15) is 28.4 Å². The molecular formula is C25H28N2O8. The second-order valence-electron chi connectivity index (χ2n) is 10.3. The van der Waals surface area contributed by atoms with Crippen molar-refractivity contribution in [3.05, 3.63) is 45.7 Å². The number of hydrogen-bond acceptors (Lipinski definition) is 9. The molecule has 10 nitrogen and oxygen atoms in total. The minimum Gasteiger partial charge on any atom is -0.508 e. The van der Waals surface area contributed by atoms with Crippen LogP contribution in [-0.4, -0.2) is 54.8 Å². The molecule has 10 heteroatoms. The topological polar surface area (TPSA) is 180 Å². The number of carbonyl (C=O) groups is 3. The Balaban J connectivity index is 1.88. The maximum absolute atomic E-state index is 13.5. The van der Waals surface area contributed by atoms with Crippen molar-refractivity contribution < 1.29 is 39.6 Å². The van der Waals surface area contributed by atoms with Crippen molar-refractivity contribution in [2.24, 2.45) is 22.7 Å². The summed E-state index contributed by atoms with van der Waals surface area (Å²) in [6, 6.07) is 2.99. The summed E-state index contributed by atoms with van der Waals surface area (Å²) in [4.78, 5) is 43.2. The zero-order valence-electron chi connectivity index (χ0n) is 19.9. The molecule has 0 unspecified atom stereocenters. The molecule has 1 aromatic carbocycles. The van der Waals surface area contributed by atoms with Gasteiger partial charge < -0.3 is 31.0 Å². The maximum Gasteiger partial charge on any atom is 0.255 e. The molecule has 3 aliphatic rings. The molecule has 1 fully saturated rings. The van der Waals surface area contributed by atoms with E-state index in [-0.39, 0.29) is 36.1 Å². The highest BCUT2D eigenvalue weighted by molar-refractivity contribution is 6.22. The average molecular weight is 485 g/mol. The highest BCUT2D eigenvalue weighted by Crippen LogP contribution is 2.52. The predicted molar refractivity (Wildman–Crippen MR) is 124 cm³/mol. The molecule has 6 N–H and O–H groups in total. The number of aliphatic hydroxyl groups is 3. The summed E-state index contributed by atoms with van der Waals surface area (Å²) in [5.74, 6) is -6.60. The highest BCUT2D eigenvalue weighted by Gasteiger charge is 2.60. The highest BCUT2D eigenvalue weighted by atomic mass is 16.6. The summed E-state index contributed by atoms with van der Waals surface area (Å²) >= 11 is 0. The zero-order valence-corrected chi connectivity index (χ0v) is 19.9. The van der Waals surface area contributed by atoms with Crippen molar-refractivity contribution in [1.29, 1.82) is 0 Å². The fourth-order valence-electron chi connectivity index (χ4n) is 5.22. The van der Waals surface area contributed by atoms with Crippen molar-refractivity contribution >= 4 is 28.9 Å². The van der Waals surface area contributed by atoms with E-state index < -0.39 is 57.6 Å². The molecule has 1 amide bonds. The minimum atomic E-state index is -2.58. The first-order valence-corrected chi connectivity index (χ1v) is 11.2. The van der Waals surface area contributed by atoms with E-state index in [0.29, 0.717) is 16.8 Å². The molecule has 3 aliphatic carbocycles. The molecule has 4 rings (SSSR count). The van der Waals surface area contributed by atoms with Crippen LogP contribution in [0.4, 0.5) is 0 Å². The second kappa shape index (κ2) is 7.94. The fourth-order valence-corrected chi connectivity index (χ4v) is 5.22. The Morgan fingerprint density at radius 3 is 2.43 bits per heavy atom. The van der Waals surface area contributed by atoms with Crippen LogP contribution in [0.1, 0.15) is 57.2 Å². The number of phenols is 1. The Hall–Kier alpha value is -3.66. The van der Waals surface area contributed by atoms with Crippen LogP contribution in [0.25, 0.3) is 5.76 Å². The molecule has 0 radical (unpaired) electrons. The number of oxime groups is 1. The van der Waals surface area contributed by atoms with Crippen LogP contribution < -0.4 is 5.73 Å². The monoisotopic (exact) mass is 484 g/mol. The SMILES string of the molecule is C/C(=N\OC(C)(C)C)c1ccc(O)c2c1C[C@H]1C[C@H]3CC(=O)C(C(N)=O)=C(O)[C@@]3(O)C(=O)C1=C2O. The third-order valence-electron chi connectivity index (χ3n) is 6.79. The number of aromatic hydroxyl groups is 1. The number of benzene rings is 1. The van der Waals surface area contributed by atoms with Crippen LogP contribution >= 0.6 is 0 Å². The summed E-state index contributed by atoms with van der Waals surface area (Å²) in [6.45, 7) is 7.23. The van der Waals surface area contributed by atoms with Gasteiger partial charge in [-0.1, -0.05) is 5.16 Å². The Bertz CT molecular complexity index is 1270. The average Bonchev–Trinajstić information content (AvgIpc) is 2.74. The molecule has 1 saturated carbocycles. The first-order chi connectivity index (χ1) is 16.2. The van der Waals surface area contributed by atoms with Gasteiger partial charge in [-0.2, -0.15) is 0 Å². The van der Waals surface area contributed by atoms with Gasteiger partial charge in [-0.15, -0.1) is 0 Å². The Kier molecular flexibility index (Phi) is 5.55. The number of phenolic OH excluding ortho intramolecular Hbond substituents is 1. The van der Waals surface area contributed by atoms with E-state index in [0.717, 1.165) is 0 Å². The van der Waals surface area contributed by atoms with Crippen molar-refractivity contribution in [3.8, 4) is 5.75 Å². The van der Waals surface area contributed by atoms with E-state index in [1.807, 2.05) is 20.8 Å². The number of hydrogen-bond donors (Lipinski definition) is 5. The van der Waals surface area contributed by atoms with Gasteiger partial charge in [0, 0.05) is 23.5 Å². The molecule has 35 heavy (non-hydrogen) atoms. The van der Waals surface area contributed by atoms with E-state index >= 15 is 0 Å². The predicted octanol–water partition coefficient (Wildman–Crippen LogP) is 1.96. The number of carbonyl (C=O) groups excluding carboxylic acids is 3. The number of aliphatic hydroxyl groups excluding tert-OH is 2. The van der Waals surface area contributed by atoms with Crippen LogP contribution in [0.5, 0.6) is 5.75 Å². The molecule has 0 aliphatic heterocycles. The number of rotatable bonds is 3. The molecule has 0 heterocycles. The minimum absolute atomic E-state index is 0.0138. The van der Waals surface area contributed by atoms with Crippen LogP contribution in [-0.2, 0) is 25.6 Å². The molecular weight excluding hydrogens is 456 g/mol. The van der Waals surface area contributed by atoms with Gasteiger partial charge in [0.15, 0.2) is 11.4 Å². The van der Waals surface area contributed by atoms with E-state index in [1.54, 1.807) is 13.0 Å². The summed E-state index contributed by atoms with van der Waals surface area (Å²) < 4.78 is 0. The standard InChI is InChI=1S/C25H28N2O8/c1-10(27-35-24(2,3)4)13-5-6-15(28)18-14(13)8-11-7-12-9-16(29)19(23(26)33)22(32)25(12,34)21(31)17(11)20(18)30/h5-6,11-12,28,30,32,34H,7-9H2,1-4H3,(H2,26,33)/b27-10+/t11-,12+,25+/m1/s1.